The Balaban J connectivity index is 3.55. The van der Waals surface area contributed by atoms with E-state index in [-0.39, 0.29) is 12.7 Å². The first kappa shape index (κ1) is 13.2. The zero-order valence-corrected chi connectivity index (χ0v) is 8.99. The van der Waals surface area contributed by atoms with Crippen LogP contribution in [0.3, 0.4) is 0 Å². The van der Waals surface area contributed by atoms with E-state index in [1.54, 1.807) is 0 Å². The molecular formula is C10H20O4. The lowest BCUT2D eigenvalue weighted by molar-refractivity contribution is 0.0252. The summed E-state index contributed by atoms with van der Waals surface area (Å²) >= 11 is 0. The number of hydrogen-bond acceptors (Lipinski definition) is 3. The van der Waals surface area contributed by atoms with Gasteiger partial charge in [-0.05, 0) is 13.3 Å². The topological polar surface area (TPSA) is 55.8 Å². The van der Waals surface area contributed by atoms with Crippen molar-refractivity contribution in [3.8, 4) is 0 Å². The molecular weight excluding hydrogens is 184 g/mol. The molecule has 0 aliphatic rings. The van der Waals surface area contributed by atoms with Crippen LogP contribution >= 0.6 is 0 Å². The smallest absolute Gasteiger partial charge is 0.450 e. The lowest BCUT2D eigenvalue weighted by atomic mass is 10.1. The molecule has 0 saturated heterocycles. The van der Waals surface area contributed by atoms with Crippen LogP contribution in [0.4, 0.5) is 4.79 Å². The quantitative estimate of drug-likeness (QED) is 0.617. The molecule has 1 atom stereocenters. The number of carboxylic acid groups (broad SMARTS) is 1. The molecule has 0 heterocycles. The third-order valence-electron chi connectivity index (χ3n) is 1.95. The van der Waals surface area contributed by atoms with Crippen LogP contribution in [0.2, 0.25) is 0 Å². The van der Waals surface area contributed by atoms with Gasteiger partial charge in [0.25, 0.3) is 0 Å². The van der Waals surface area contributed by atoms with Crippen molar-refractivity contribution in [2.24, 2.45) is 0 Å². The standard InChI is InChI=1S/C10H20O4/c1-3-5-6-9(13-4-2)7-8-14-10(11)12/h9H,3-8H2,1-2H3,(H,11,12). The fraction of sp³-hybridized carbons (Fsp3) is 0.900. The molecule has 4 heteroatoms. The molecule has 0 spiro atoms. The Hall–Kier alpha value is -0.770. The van der Waals surface area contributed by atoms with Crippen molar-refractivity contribution in [2.45, 2.75) is 45.6 Å². The van der Waals surface area contributed by atoms with Crippen molar-refractivity contribution < 1.29 is 19.4 Å². The molecule has 84 valence electrons. The molecule has 0 aliphatic carbocycles. The van der Waals surface area contributed by atoms with E-state index in [2.05, 4.69) is 11.7 Å². The minimum Gasteiger partial charge on any atom is -0.450 e. The highest BCUT2D eigenvalue weighted by atomic mass is 16.7. The van der Waals surface area contributed by atoms with Gasteiger partial charge < -0.3 is 14.6 Å². The van der Waals surface area contributed by atoms with Crippen molar-refractivity contribution in [2.75, 3.05) is 13.2 Å². The normalized spacial score (nSPS) is 12.4. The lowest BCUT2D eigenvalue weighted by Crippen LogP contribution is -2.16. The van der Waals surface area contributed by atoms with Crippen LogP contribution in [0.1, 0.15) is 39.5 Å². The minimum atomic E-state index is -1.21. The Labute approximate surface area is 85.2 Å². The molecule has 0 bridgehead atoms. The van der Waals surface area contributed by atoms with E-state index in [0.29, 0.717) is 13.0 Å². The predicted octanol–water partition coefficient (Wildman–Crippen LogP) is 2.67. The maximum absolute atomic E-state index is 10.1. The highest BCUT2D eigenvalue weighted by Gasteiger charge is 2.08. The average Bonchev–Trinajstić information content (AvgIpc) is 2.13. The van der Waals surface area contributed by atoms with Gasteiger partial charge in [-0.2, -0.15) is 0 Å². The number of carbonyl (C=O) groups is 1. The number of unbranched alkanes of at least 4 members (excludes halogenated alkanes) is 1. The Kier molecular flexibility index (Phi) is 8.33. The molecule has 0 fully saturated rings. The predicted molar refractivity (Wildman–Crippen MR) is 53.5 cm³/mol. The van der Waals surface area contributed by atoms with Crippen LogP contribution in [-0.4, -0.2) is 30.6 Å². The van der Waals surface area contributed by atoms with Crippen LogP contribution in [0.25, 0.3) is 0 Å². The van der Waals surface area contributed by atoms with E-state index in [0.717, 1.165) is 19.3 Å². The summed E-state index contributed by atoms with van der Waals surface area (Å²) in [6, 6.07) is 0. The summed E-state index contributed by atoms with van der Waals surface area (Å²) in [4.78, 5) is 10.1. The van der Waals surface area contributed by atoms with Gasteiger partial charge in [-0.25, -0.2) is 4.79 Å². The molecule has 0 rings (SSSR count). The first-order valence-corrected chi connectivity index (χ1v) is 5.18. The Morgan fingerprint density at radius 2 is 2.07 bits per heavy atom. The second kappa shape index (κ2) is 8.81. The van der Waals surface area contributed by atoms with Crippen molar-refractivity contribution in [3.05, 3.63) is 0 Å². The number of rotatable bonds is 8. The maximum atomic E-state index is 10.1. The fourth-order valence-electron chi connectivity index (χ4n) is 1.26. The lowest BCUT2D eigenvalue weighted by Gasteiger charge is -2.15. The van der Waals surface area contributed by atoms with Crippen molar-refractivity contribution >= 4 is 6.16 Å². The summed E-state index contributed by atoms with van der Waals surface area (Å²) in [5.41, 5.74) is 0. The second-order valence-corrected chi connectivity index (χ2v) is 3.12. The van der Waals surface area contributed by atoms with Gasteiger partial charge in [-0.3, -0.25) is 0 Å². The molecule has 0 amide bonds. The van der Waals surface area contributed by atoms with Gasteiger partial charge in [-0.15, -0.1) is 0 Å². The molecule has 4 nitrogen and oxygen atoms in total. The molecule has 0 aromatic heterocycles. The van der Waals surface area contributed by atoms with Gasteiger partial charge in [0.05, 0.1) is 12.7 Å². The van der Waals surface area contributed by atoms with E-state index in [4.69, 9.17) is 9.84 Å². The van der Waals surface area contributed by atoms with Crippen molar-refractivity contribution in [3.63, 3.8) is 0 Å². The molecule has 1 unspecified atom stereocenters. The minimum absolute atomic E-state index is 0.138. The zero-order valence-electron chi connectivity index (χ0n) is 8.99. The molecule has 1 N–H and O–H groups in total. The summed E-state index contributed by atoms with van der Waals surface area (Å²) in [6.07, 6.45) is 2.80. The first-order valence-electron chi connectivity index (χ1n) is 5.18. The van der Waals surface area contributed by atoms with Gasteiger partial charge in [0, 0.05) is 13.0 Å². The average molecular weight is 204 g/mol. The highest BCUT2D eigenvalue weighted by molar-refractivity contribution is 5.56. The summed E-state index contributed by atoms with van der Waals surface area (Å²) in [7, 11) is 0. The van der Waals surface area contributed by atoms with E-state index in [9.17, 15) is 4.79 Å². The monoisotopic (exact) mass is 204 g/mol. The SMILES string of the molecule is CCCCC(CCOC(=O)O)OCC. The molecule has 0 radical (unpaired) electrons. The Morgan fingerprint density at radius 3 is 2.57 bits per heavy atom. The third kappa shape index (κ3) is 7.86. The van der Waals surface area contributed by atoms with E-state index < -0.39 is 6.16 Å². The number of ether oxygens (including phenoxy) is 2. The summed E-state index contributed by atoms with van der Waals surface area (Å²) in [6.45, 7) is 4.96. The van der Waals surface area contributed by atoms with E-state index in [1.807, 2.05) is 6.92 Å². The highest BCUT2D eigenvalue weighted by Crippen LogP contribution is 2.09. The van der Waals surface area contributed by atoms with Gasteiger partial charge in [-0.1, -0.05) is 19.8 Å². The Morgan fingerprint density at radius 1 is 1.36 bits per heavy atom. The molecule has 0 aromatic rings. The summed E-state index contributed by atoms with van der Waals surface area (Å²) in [5.74, 6) is 0. The zero-order chi connectivity index (χ0) is 10.8. The molecule has 14 heavy (non-hydrogen) atoms. The molecule has 0 saturated carbocycles. The summed E-state index contributed by atoms with van der Waals surface area (Å²) < 4.78 is 9.89. The van der Waals surface area contributed by atoms with Crippen LogP contribution in [0.5, 0.6) is 0 Å². The van der Waals surface area contributed by atoms with Gasteiger partial charge in [0.1, 0.15) is 0 Å². The third-order valence-corrected chi connectivity index (χ3v) is 1.95. The Bertz CT molecular complexity index is 147. The van der Waals surface area contributed by atoms with E-state index in [1.165, 1.54) is 0 Å². The maximum Gasteiger partial charge on any atom is 0.505 e. The fourth-order valence-corrected chi connectivity index (χ4v) is 1.26. The van der Waals surface area contributed by atoms with Gasteiger partial charge in [0.2, 0.25) is 0 Å². The van der Waals surface area contributed by atoms with Crippen LogP contribution in [0.15, 0.2) is 0 Å². The van der Waals surface area contributed by atoms with Gasteiger partial charge >= 0.3 is 6.16 Å². The van der Waals surface area contributed by atoms with Crippen molar-refractivity contribution in [1.82, 2.24) is 0 Å². The number of hydrogen-bond donors (Lipinski definition) is 1. The molecule has 0 aliphatic heterocycles. The molecule has 0 aromatic carbocycles. The van der Waals surface area contributed by atoms with Crippen molar-refractivity contribution in [1.29, 1.82) is 0 Å². The van der Waals surface area contributed by atoms with Gasteiger partial charge in [0.15, 0.2) is 0 Å². The second-order valence-electron chi connectivity index (χ2n) is 3.12. The summed E-state index contributed by atoms with van der Waals surface area (Å²) in [5, 5.41) is 8.27. The van der Waals surface area contributed by atoms with Crippen LogP contribution in [-0.2, 0) is 9.47 Å². The largest absolute Gasteiger partial charge is 0.505 e. The van der Waals surface area contributed by atoms with E-state index >= 15 is 0 Å². The van der Waals surface area contributed by atoms with Crippen LogP contribution in [0, 0.1) is 0 Å². The first-order chi connectivity index (χ1) is 6.70. The van der Waals surface area contributed by atoms with Crippen LogP contribution < -0.4 is 0 Å².